The Morgan fingerprint density at radius 2 is 2.04 bits per heavy atom. The number of ether oxygens (including phenoxy) is 2. The molecule has 6 nitrogen and oxygen atoms in total. The first-order valence-corrected chi connectivity index (χ1v) is 8.70. The van der Waals surface area contributed by atoms with Crippen LogP contribution in [0.1, 0.15) is 43.5 Å². The van der Waals surface area contributed by atoms with Crippen molar-refractivity contribution in [2.45, 2.75) is 58.2 Å². The van der Waals surface area contributed by atoms with Crippen LogP contribution < -0.4 is 10.1 Å². The van der Waals surface area contributed by atoms with Crippen molar-refractivity contribution >= 4 is 0 Å². The van der Waals surface area contributed by atoms with E-state index in [-0.39, 0.29) is 0 Å². The fraction of sp³-hybridized carbons (Fsp3) is 0.722. The summed E-state index contributed by atoms with van der Waals surface area (Å²) < 4.78 is 11.7. The van der Waals surface area contributed by atoms with E-state index in [9.17, 15) is 5.11 Å². The lowest BCUT2D eigenvalue weighted by molar-refractivity contribution is -0.180. The Morgan fingerprint density at radius 3 is 2.75 bits per heavy atom. The molecule has 0 aliphatic carbocycles. The van der Waals surface area contributed by atoms with Gasteiger partial charge in [0.1, 0.15) is 5.75 Å². The quantitative estimate of drug-likeness (QED) is 0.871. The molecule has 1 saturated heterocycles. The zero-order valence-corrected chi connectivity index (χ0v) is 15.2. The van der Waals surface area contributed by atoms with E-state index in [4.69, 9.17) is 9.47 Å². The zero-order valence-electron chi connectivity index (χ0n) is 15.2. The number of fused-ring (bicyclic) bond motifs is 1. The Balaban J connectivity index is 1.64. The molecule has 3 rings (SSSR count). The van der Waals surface area contributed by atoms with Gasteiger partial charge in [0.25, 0.3) is 0 Å². The maximum absolute atomic E-state index is 10.7. The van der Waals surface area contributed by atoms with Crippen LogP contribution in [0.25, 0.3) is 0 Å². The molecule has 1 aromatic heterocycles. The molecule has 0 spiro atoms. The van der Waals surface area contributed by atoms with Crippen molar-refractivity contribution in [3.8, 4) is 5.75 Å². The second kappa shape index (κ2) is 6.59. The smallest absolute Gasteiger partial charge is 0.205 e. The summed E-state index contributed by atoms with van der Waals surface area (Å²) in [6.07, 6.45) is 3.49. The predicted octanol–water partition coefficient (Wildman–Crippen LogP) is 1.58. The number of rotatable bonds is 4. The standard InChI is InChI=1S/C18H29N3O3/c1-13-16-15(11-23-17(2,3)24-16)14(10-20-13)9-19-12-18(22)5-7-21(4)8-6-18/h10,19,22H,5-9,11-12H2,1-4H3. The van der Waals surface area contributed by atoms with Gasteiger partial charge in [0.15, 0.2) is 0 Å². The summed E-state index contributed by atoms with van der Waals surface area (Å²) in [5.74, 6) is 0.220. The van der Waals surface area contributed by atoms with Crippen molar-refractivity contribution in [3.63, 3.8) is 0 Å². The van der Waals surface area contributed by atoms with Crippen molar-refractivity contribution in [1.29, 1.82) is 0 Å². The lowest BCUT2D eigenvalue weighted by Gasteiger charge is -2.37. The van der Waals surface area contributed by atoms with Crippen molar-refractivity contribution in [1.82, 2.24) is 15.2 Å². The lowest BCUT2D eigenvalue weighted by atomic mass is 9.91. The number of nitrogens with zero attached hydrogens (tertiary/aromatic N) is 2. The SMILES string of the molecule is Cc1ncc(CNCC2(O)CCN(C)CC2)c2c1OC(C)(C)OC2. The van der Waals surface area contributed by atoms with Crippen LogP contribution >= 0.6 is 0 Å². The molecule has 2 N–H and O–H groups in total. The van der Waals surface area contributed by atoms with Gasteiger partial charge in [-0.05, 0) is 32.4 Å². The molecule has 1 fully saturated rings. The van der Waals surface area contributed by atoms with Crippen LogP contribution in [0.15, 0.2) is 6.20 Å². The summed E-state index contributed by atoms with van der Waals surface area (Å²) >= 11 is 0. The Bertz CT molecular complexity index is 595. The molecule has 1 aromatic rings. The average molecular weight is 335 g/mol. The molecule has 0 radical (unpaired) electrons. The van der Waals surface area contributed by atoms with Gasteiger partial charge in [0.2, 0.25) is 5.79 Å². The number of aliphatic hydroxyl groups is 1. The molecular formula is C18H29N3O3. The van der Waals surface area contributed by atoms with Gasteiger partial charge in [0.05, 0.1) is 17.9 Å². The van der Waals surface area contributed by atoms with Gasteiger partial charge in [-0.25, -0.2) is 0 Å². The molecule has 0 atom stereocenters. The van der Waals surface area contributed by atoms with Gasteiger partial charge in [-0.1, -0.05) is 0 Å². The topological polar surface area (TPSA) is 66.9 Å². The maximum atomic E-state index is 10.7. The Hall–Kier alpha value is -1.21. The minimum atomic E-state index is -0.616. The molecule has 2 aliphatic rings. The molecule has 0 amide bonds. The number of nitrogens with one attached hydrogen (secondary N) is 1. The number of pyridine rings is 1. The lowest BCUT2D eigenvalue weighted by Crippen LogP contribution is -2.48. The van der Waals surface area contributed by atoms with E-state index in [0.29, 0.717) is 19.7 Å². The van der Waals surface area contributed by atoms with Gasteiger partial charge in [-0.15, -0.1) is 0 Å². The Morgan fingerprint density at radius 1 is 1.33 bits per heavy atom. The van der Waals surface area contributed by atoms with E-state index in [1.54, 1.807) is 0 Å². The fourth-order valence-corrected chi connectivity index (χ4v) is 3.28. The summed E-state index contributed by atoms with van der Waals surface area (Å²) in [7, 11) is 2.10. The number of hydrogen-bond donors (Lipinski definition) is 2. The first kappa shape index (κ1) is 17.6. The van der Waals surface area contributed by atoms with E-state index < -0.39 is 11.4 Å². The predicted molar refractivity (Wildman–Crippen MR) is 91.9 cm³/mol. The zero-order chi connectivity index (χ0) is 17.4. The van der Waals surface area contributed by atoms with Crippen LogP contribution in [0, 0.1) is 6.92 Å². The molecule has 3 heterocycles. The van der Waals surface area contributed by atoms with E-state index >= 15 is 0 Å². The number of likely N-dealkylation sites (tertiary alicyclic amines) is 1. The van der Waals surface area contributed by atoms with E-state index in [1.807, 2.05) is 27.0 Å². The first-order chi connectivity index (χ1) is 11.3. The van der Waals surface area contributed by atoms with Crippen molar-refractivity contribution in [2.24, 2.45) is 0 Å². The minimum Gasteiger partial charge on any atom is -0.461 e. The highest BCUT2D eigenvalue weighted by Gasteiger charge is 2.32. The number of hydrogen-bond acceptors (Lipinski definition) is 6. The molecule has 2 aliphatic heterocycles. The monoisotopic (exact) mass is 335 g/mol. The molecule has 0 unspecified atom stereocenters. The first-order valence-electron chi connectivity index (χ1n) is 8.70. The molecule has 24 heavy (non-hydrogen) atoms. The van der Waals surface area contributed by atoms with Gasteiger partial charge in [-0.3, -0.25) is 4.98 Å². The van der Waals surface area contributed by atoms with Gasteiger partial charge in [0, 0.05) is 51.8 Å². The second-order valence-electron chi connectivity index (χ2n) is 7.60. The van der Waals surface area contributed by atoms with E-state index in [0.717, 1.165) is 48.5 Å². The van der Waals surface area contributed by atoms with Crippen LogP contribution in [0.4, 0.5) is 0 Å². The molecular weight excluding hydrogens is 306 g/mol. The third kappa shape index (κ3) is 3.88. The van der Waals surface area contributed by atoms with Crippen LogP contribution in [-0.2, 0) is 17.9 Å². The summed E-state index contributed by atoms with van der Waals surface area (Å²) in [6.45, 7) is 9.44. The Kier molecular flexibility index (Phi) is 4.84. The number of aromatic nitrogens is 1. The van der Waals surface area contributed by atoms with Gasteiger partial charge >= 0.3 is 0 Å². The third-order valence-corrected chi connectivity index (χ3v) is 5.00. The van der Waals surface area contributed by atoms with Crippen LogP contribution in [-0.4, -0.2) is 53.1 Å². The fourth-order valence-electron chi connectivity index (χ4n) is 3.28. The van der Waals surface area contributed by atoms with E-state index in [1.165, 1.54) is 0 Å². The van der Waals surface area contributed by atoms with Crippen LogP contribution in [0.3, 0.4) is 0 Å². The minimum absolute atomic E-state index is 0.526. The Labute approximate surface area is 144 Å². The van der Waals surface area contributed by atoms with Crippen molar-refractivity contribution < 1.29 is 14.6 Å². The molecule has 134 valence electrons. The summed E-state index contributed by atoms with van der Waals surface area (Å²) in [5.41, 5.74) is 2.41. The van der Waals surface area contributed by atoms with Gasteiger partial charge < -0.3 is 24.8 Å². The molecule has 0 saturated carbocycles. The number of piperidine rings is 1. The van der Waals surface area contributed by atoms with Crippen molar-refractivity contribution in [2.75, 3.05) is 26.7 Å². The summed E-state index contributed by atoms with van der Waals surface area (Å²) in [5, 5.41) is 14.1. The van der Waals surface area contributed by atoms with Crippen molar-refractivity contribution in [3.05, 3.63) is 23.0 Å². The third-order valence-electron chi connectivity index (χ3n) is 5.00. The van der Waals surface area contributed by atoms with Crippen LogP contribution in [0.5, 0.6) is 5.75 Å². The normalized spacial score (nSPS) is 22.7. The van der Waals surface area contributed by atoms with Gasteiger partial charge in [-0.2, -0.15) is 0 Å². The maximum Gasteiger partial charge on any atom is 0.205 e. The highest BCUT2D eigenvalue weighted by Crippen LogP contribution is 2.35. The van der Waals surface area contributed by atoms with Crippen LogP contribution in [0.2, 0.25) is 0 Å². The highest BCUT2D eigenvalue weighted by atomic mass is 16.7. The molecule has 6 heteroatoms. The second-order valence-corrected chi connectivity index (χ2v) is 7.60. The summed E-state index contributed by atoms with van der Waals surface area (Å²) in [4.78, 5) is 6.72. The largest absolute Gasteiger partial charge is 0.461 e. The molecule has 0 aromatic carbocycles. The summed E-state index contributed by atoms with van der Waals surface area (Å²) in [6, 6.07) is 0. The van der Waals surface area contributed by atoms with E-state index in [2.05, 4.69) is 22.2 Å². The molecule has 0 bridgehead atoms. The number of aryl methyl sites for hydroxylation is 1. The highest BCUT2D eigenvalue weighted by molar-refractivity contribution is 5.42. The average Bonchev–Trinajstić information content (AvgIpc) is 2.52.